The Morgan fingerprint density at radius 3 is 1.60 bits per heavy atom. The standard InChI is InChI=1S/C9H5F5S/c10-5-4(2-1-3-15)6(11)8(13)9(14)7(5)12/h1-2,15H,3H2. The van der Waals surface area contributed by atoms with Gasteiger partial charge in [0.2, 0.25) is 5.82 Å². The lowest BCUT2D eigenvalue weighted by molar-refractivity contribution is 0.377. The van der Waals surface area contributed by atoms with Crippen molar-refractivity contribution in [1.82, 2.24) is 0 Å². The Bertz CT molecular complexity index is 384. The highest BCUT2D eigenvalue weighted by atomic mass is 32.1. The van der Waals surface area contributed by atoms with Crippen LogP contribution in [0.3, 0.4) is 0 Å². The number of hydrogen-bond acceptors (Lipinski definition) is 1. The van der Waals surface area contributed by atoms with Crippen LogP contribution in [-0.4, -0.2) is 5.75 Å². The summed E-state index contributed by atoms with van der Waals surface area (Å²) in [5.41, 5.74) is -0.958. The third kappa shape index (κ3) is 2.14. The molecule has 0 fully saturated rings. The van der Waals surface area contributed by atoms with E-state index in [2.05, 4.69) is 12.6 Å². The first-order valence-electron chi connectivity index (χ1n) is 3.79. The van der Waals surface area contributed by atoms with E-state index in [9.17, 15) is 22.0 Å². The van der Waals surface area contributed by atoms with Gasteiger partial charge in [-0.2, -0.15) is 12.6 Å². The molecule has 0 bridgehead atoms. The predicted molar refractivity (Wildman–Crippen MR) is 49.1 cm³/mol. The van der Waals surface area contributed by atoms with Gasteiger partial charge in [0.15, 0.2) is 23.3 Å². The molecule has 82 valence electrons. The maximum atomic E-state index is 12.9. The maximum Gasteiger partial charge on any atom is 0.200 e. The molecular formula is C9H5F5S. The van der Waals surface area contributed by atoms with Crippen LogP contribution in [0.5, 0.6) is 0 Å². The summed E-state index contributed by atoms with van der Waals surface area (Å²) in [5.74, 6) is -9.62. The van der Waals surface area contributed by atoms with Gasteiger partial charge in [0.1, 0.15) is 0 Å². The van der Waals surface area contributed by atoms with Crippen LogP contribution >= 0.6 is 12.6 Å². The van der Waals surface area contributed by atoms with Crippen LogP contribution in [0.15, 0.2) is 6.08 Å². The number of thiol groups is 1. The maximum absolute atomic E-state index is 12.9. The zero-order valence-corrected chi connectivity index (χ0v) is 8.09. The summed E-state index contributed by atoms with van der Waals surface area (Å²) in [6, 6.07) is 0. The van der Waals surface area contributed by atoms with Gasteiger partial charge in [-0.05, 0) is 0 Å². The first kappa shape index (κ1) is 12.0. The lowest BCUT2D eigenvalue weighted by Gasteiger charge is -2.03. The molecule has 1 rings (SSSR count). The minimum Gasteiger partial charge on any atom is -0.203 e. The number of halogens is 5. The molecule has 0 spiro atoms. The van der Waals surface area contributed by atoms with Gasteiger partial charge < -0.3 is 0 Å². The third-order valence-corrected chi connectivity index (χ3v) is 1.84. The van der Waals surface area contributed by atoms with Crippen LogP contribution < -0.4 is 0 Å². The monoisotopic (exact) mass is 240 g/mol. The molecule has 0 saturated carbocycles. The largest absolute Gasteiger partial charge is 0.203 e. The molecule has 1 aromatic rings. The van der Waals surface area contributed by atoms with Crippen molar-refractivity contribution in [2.24, 2.45) is 0 Å². The van der Waals surface area contributed by atoms with E-state index in [1.165, 1.54) is 6.08 Å². The smallest absolute Gasteiger partial charge is 0.200 e. The molecule has 0 aliphatic heterocycles. The van der Waals surface area contributed by atoms with Crippen molar-refractivity contribution in [3.63, 3.8) is 0 Å². The molecule has 0 amide bonds. The zero-order chi connectivity index (χ0) is 11.6. The third-order valence-electron chi connectivity index (χ3n) is 1.63. The molecular weight excluding hydrogens is 235 g/mol. The zero-order valence-electron chi connectivity index (χ0n) is 7.20. The van der Waals surface area contributed by atoms with Crippen LogP contribution in [0, 0.1) is 29.1 Å². The van der Waals surface area contributed by atoms with Gasteiger partial charge in [-0.1, -0.05) is 12.2 Å². The Labute approximate surface area is 87.8 Å². The summed E-state index contributed by atoms with van der Waals surface area (Å²) in [6.45, 7) is 0. The summed E-state index contributed by atoms with van der Waals surface area (Å²) in [4.78, 5) is 0. The lowest BCUT2D eigenvalue weighted by atomic mass is 10.1. The van der Waals surface area contributed by atoms with Crippen LogP contribution in [0.2, 0.25) is 0 Å². The highest BCUT2D eigenvalue weighted by Gasteiger charge is 2.23. The number of hydrogen-bond donors (Lipinski definition) is 1. The van der Waals surface area contributed by atoms with Gasteiger partial charge in [0.25, 0.3) is 0 Å². The van der Waals surface area contributed by atoms with Crippen LogP contribution in [0.4, 0.5) is 22.0 Å². The first-order chi connectivity index (χ1) is 7.00. The van der Waals surface area contributed by atoms with E-state index in [0.29, 0.717) is 0 Å². The number of rotatable bonds is 2. The van der Waals surface area contributed by atoms with Gasteiger partial charge >= 0.3 is 0 Å². The van der Waals surface area contributed by atoms with Crippen LogP contribution in [0.25, 0.3) is 6.08 Å². The lowest BCUT2D eigenvalue weighted by Crippen LogP contribution is -2.03. The van der Waals surface area contributed by atoms with E-state index >= 15 is 0 Å². The van der Waals surface area contributed by atoms with Crippen molar-refractivity contribution in [2.45, 2.75) is 0 Å². The molecule has 0 radical (unpaired) electrons. The highest BCUT2D eigenvalue weighted by Crippen LogP contribution is 2.23. The van der Waals surface area contributed by atoms with E-state index < -0.39 is 34.6 Å². The second-order valence-corrected chi connectivity index (χ2v) is 2.93. The van der Waals surface area contributed by atoms with E-state index in [1.54, 1.807) is 0 Å². The molecule has 0 N–H and O–H groups in total. The van der Waals surface area contributed by atoms with E-state index in [4.69, 9.17) is 0 Å². The van der Waals surface area contributed by atoms with E-state index in [1.807, 2.05) is 0 Å². The summed E-state index contributed by atoms with van der Waals surface area (Å²) in [5, 5.41) is 0. The molecule has 0 saturated heterocycles. The Balaban J connectivity index is 3.45. The molecule has 15 heavy (non-hydrogen) atoms. The van der Waals surface area contributed by atoms with Gasteiger partial charge in [-0.25, -0.2) is 22.0 Å². The average Bonchev–Trinajstić information content (AvgIpc) is 2.24. The van der Waals surface area contributed by atoms with Gasteiger partial charge in [-0.15, -0.1) is 0 Å². The molecule has 0 unspecified atom stereocenters. The quantitative estimate of drug-likeness (QED) is 0.348. The minimum atomic E-state index is -2.16. The molecule has 0 atom stereocenters. The summed E-state index contributed by atoms with van der Waals surface area (Å²) < 4.78 is 63.6. The van der Waals surface area contributed by atoms with Crippen LogP contribution in [-0.2, 0) is 0 Å². The average molecular weight is 240 g/mol. The van der Waals surface area contributed by atoms with Crippen molar-refractivity contribution in [1.29, 1.82) is 0 Å². The van der Waals surface area contributed by atoms with E-state index in [0.717, 1.165) is 6.08 Å². The molecule has 0 aliphatic carbocycles. The van der Waals surface area contributed by atoms with Gasteiger partial charge in [0, 0.05) is 5.75 Å². The normalized spacial score (nSPS) is 11.3. The number of benzene rings is 1. The SMILES string of the molecule is Fc1c(F)c(F)c(C=CCS)c(F)c1F. The predicted octanol–water partition coefficient (Wildman–Crippen LogP) is 3.33. The second-order valence-electron chi connectivity index (χ2n) is 2.57. The topological polar surface area (TPSA) is 0 Å². The Morgan fingerprint density at radius 1 is 0.800 bits per heavy atom. The fourth-order valence-electron chi connectivity index (χ4n) is 0.939. The first-order valence-corrected chi connectivity index (χ1v) is 4.42. The Morgan fingerprint density at radius 2 is 1.20 bits per heavy atom. The molecule has 0 nitrogen and oxygen atoms in total. The highest BCUT2D eigenvalue weighted by molar-refractivity contribution is 7.80. The Kier molecular flexibility index (Phi) is 3.73. The van der Waals surface area contributed by atoms with Crippen molar-refractivity contribution in [2.75, 3.05) is 5.75 Å². The summed E-state index contributed by atoms with van der Waals surface area (Å²) in [6.07, 6.45) is 1.96. The molecule has 6 heteroatoms. The van der Waals surface area contributed by atoms with Gasteiger partial charge in [-0.3, -0.25) is 0 Å². The Hall–Kier alpha value is -1.04. The fraction of sp³-hybridized carbons (Fsp3) is 0.111. The van der Waals surface area contributed by atoms with Crippen LogP contribution in [0.1, 0.15) is 5.56 Å². The van der Waals surface area contributed by atoms with Gasteiger partial charge in [0.05, 0.1) is 5.56 Å². The minimum absolute atomic E-state index is 0.124. The molecule has 0 heterocycles. The van der Waals surface area contributed by atoms with Crippen molar-refractivity contribution in [3.8, 4) is 0 Å². The molecule has 0 aromatic heterocycles. The summed E-state index contributed by atoms with van der Waals surface area (Å²) >= 11 is 3.70. The fourth-order valence-corrected chi connectivity index (χ4v) is 1.04. The molecule has 1 aromatic carbocycles. The second kappa shape index (κ2) is 4.65. The van der Waals surface area contributed by atoms with Crippen molar-refractivity contribution < 1.29 is 22.0 Å². The summed E-state index contributed by atoms with van der Waals surface area (Å²) in [7, 11) is 0. The van der Waals surface area contributed by atoms with E-state index in [-0.39, 0.29) is 5.75 Å². The van der Waals surface area contributed by atoms with Crippen molar-refractivity contribution >= 4 is 18.7 Å². The van der Waals surface area contributed by atoms with Crippen molar-refractivity contribution in [3.05, 3.63) is 40.7 Å². The molecule has 0 aliphatic rings.